The monoisotopic (exact) mass is 457 g/mol. The van der Waals surface area contributed by atoms with Crippen LogP contribution in [0.5, 0.6) is 0 Å². The minimum Gasteiger partial charge on any atom is -0.336 e. The Morgan fingerprint density at radius 1 is 1.24 bits per heavy atom. The molecule has 1 aliphatic rings. The number of rotatable bonds is 7. The van der Waals surface area contributed by atoms with Crippen LogP contribution >= 0.6 is 22.9 Å². The first-order valence-electron chi connectivity index (χ1n) is 8.96. The molecule has 10 heteroatoms. The van der Waals surface area contributed by atoms with Crippen molar-refractivity contribution in [1.29, 1.82) is 0 Å². The maximum Gasteiger partial charge on any atom is 0.253 e. The van der Waals surface area contributed by atoms with Gasteiger partial charge in [0.1, 0.15) is 10.7 Å². The zero-order valence-electron chi connectivity index (χ0n) is 15.6. The fourth-order valence-corrected chi connectivity index (χ4v) is 5.27. The number of hydrogen-bond donors (Lipinski definition) is 1. The van der Waals surface area contributed by atoms with E-state index in [0.717, 1.165) is 27.9 Å². The lowest BCUT2D eigenvalue weighted by atomic mass is 10.1. The lowest BCUT2D eigenvalue weighted by molar-refractivity contribution is 0.0629. The Bertz CT molecular complexity index is 1000. The normalized spacial score (nSPS) is 15.4. The van der Waals surface area contributed by atoms with E-state index in [-0.39, 0.29) is 18.0 Å². The van der Waals surface area contributed by atoms with Crippen LogP contribution in [-0.4, -0.2) is 56.8 Å². The molecule has 2 heterocycles. The average Bonchev–Trinajstić information content (AvgIpc) is 3.11. The Labute approximate surface area is 178 Å². The molecule has 1 aliphatic heterocycles. The number of halogens is 2. The van der Waals surface area contributed by atoms with E-state index < -0.39 is 20.7 Å². The van der Waals surface area contributed by atoms with Gasteiger partial charge in [-0.15, -0.1) is 17.9 Å². The third-order valence-electron chi connectivity index (χ3n) is 4.55. The molecule has 2 aromatic rings. The van der Waals surface area contributed by atoms with Gasteiger partial charge in [-0.25, -0.2) is 17.5 Å². The summed E-state index contributed by atoms with van der Waals surface area (Å²) in [7, 11) is -4.07. The van der Waals surface area contributed by atoms with Gasteiger partial charge in [0.25, 0.3) is 5.91 Å². The topological polar surface area (TPSA) is 69.7 Å². The molecule has 0 aliphatic carbocycles. The number of thiophene rings is 1. The fourth-order valence-electron chi connectivity index (χ4n) is 3.04. The molecule has 1 saturated heterocycles. The van der Waals surface area contributed by atoms with Gasteiger partial charge in [0.15, 0.2) is 0 Å². The quantitative estimate of drug-likeness (QED) is 0.649. The van der Waals surface area contributed by atoms with E-state index in [1.165, 1.54) is 23.5 Å². The lowest BCUT2D eigenvalue weighted by Crippen LogP contribution is -2.48. The zero-order chi connectivity index (χ0) is 21.0. The van der Waals surface area contributed by atoms with Gasteiger partial charge in [0.05, 0.1) is 4.34 Å². The molecule has 1 amide bonds. The van der Waals surface area contributed by atoms with Gasteiger partial charge in [0.2, 0.25) is 10.0 Å². The number of carbonyl (C=O) groups is 1. The molecular formula is C19H21ClFN3O3S2. The maximum atomic E-state index is 14.1. The first kappa shape index (κ1) is 21.9. The highest BCUT2D eigenvalue weighted by Crippen LogP contribution is 2.23. The van der Waals surface area contributed by atoms with Crippen LogP contribution < -0.4 is 4.72 Å². The van der Waals surface area contributed by atoms with E-state index in [1.807, 2.05) is 12.1 Å². The number of nitrogens with zero attached hydrogens (tertiary/aromatic N) is 2. The second-order valence-electron chi connectivity index (χ2n) is 6.56. The van der Waals surface area contributed by atoms with Crippen molar-refractivity contribution in [3.63, 3.8) is 0 Å². The standard InChI is InChI=1S/C19H21ClFN3O3S2/c1-2-7-22-29(26,27)17-12-14(3-5-16(17)21)19(25)24-10-8-23(9-11-24)13-15-4-6-18(20)28-15/h2-6,12,22H,1,7-11,13H2. The van der Waals surface area contributed by atoms with Crippen molar-refractivity contribution in [1.82, 2.24) is 14.5 Å². The molecule has 6 nitrogen and oxygen atoms in total. The Kier molecular flexibility index (Phi) is 7.07. The molecule has 1 aromatic heterocycles. The molecule has 0 unspecified atom stereocenters. The van der Waals surface area contributed by atoms with E-state index >= 15 is 0 Å². The summed E-state index contributed by atoms with van der Waals surface area (Å²) in [6, 6.07) is 7.26. The van der Waals surface area contributed by atoms with Gasteiger partial charge in [-0.2, -0.15) is 0 Å². The molecule has 1 N–H and O–H groups in total. The predicted octanol–water partition coefficient (Wildman–Crippen LogP) is 2.96. The summed E-state index contributed by atoms with van der Waals surface area (Å²) in [6.45, 7) is 6.56. The third kappa shape index (κ3) is 5.43. The Morgan fingerprint density at radius 3 is 2.59 bits per heavy atom. The number of amides is 1. The summed E-state index contributed by atoms with van der Waals surface area (Å²) in [4.78, 5) is 17.3. The lowest BCUT2D eigenvalue weighted by Gasteiger charge is -2.34. The van der Waals surface area contributed by atoms with Gasteiger partial charge >= 0.3 is 0 Å². The van der Waals surface area contributed by atoms with Crippen molar-refractivity contribution < 1.29 is 17.6 Å². The number of benzene rings is 1. The molecule has 1 aromatic carbocycles. The van der Waals surface area contributed by atoms with Gasteiger partial charge in [-0.05, 0) is 30.3 Å². The van der Waals surface area contributed by atoms with E-state index in [4.69, 9.17) is 11.6 Å². The molecule has 0 bridgehead atoms. The molecule has 1 fully saturated rings. The van der Waals surface area contributed by atoms with E-state index in [9.17, 15) is 17.6 Å². The summed E-state index contributed by atoms with van der Waals surface area (Å²) in [5.41, 5.74) is 0.142. The van der Waals surface area contributed by atoms with Gasteiger partial charge in [-0.1, -0.05) is 17.7 Å². The summed E-state index contributed by atoms with van der Waals surface area (Å²) in [5, 5.41) is 0. The summed E-state index contributed by atoms with van der Waals surface area (Å²) >= 11 is 7.50. The van der Waals surface area contributed by atoms with E-state index in [1.54, 1.807) is 4.90 Å². The van der Waals surface area contributed by atoms with Crippen molar-refractivity contribution in [2.45, 2.75) is 11.4 Å². The summed E-state index contributed by atoms with van der Waals surface area (Å²) < 4.78 is 41.5. The zero-order valence-corrected chi connectivity index (χ0v) is 18.0. The first-order valence-corrected chi connectivity index (χ1v) is 11.6. The molecule has 0 spiro atoms. The highest BCUT2D eigenvalue weighted by molar-refractivity contribution is 7.89. The number of nitrogens with one attached hydrogen (secondary N) is 1. The average molecular weight is 458 g/mol. The minimum absolute atomic E-state index is 0.0304. The van der Waals surface area contributed by atoms with Crippen LogP contribution in [0.15, 0.2) is 47.9 Å². The van der Waals surface area contributed by atoms with E-state index in [0.29, 0.717) is 26.2 Å². The third-order valence-corrected chi connectivity index (χ3v) is 7.21. The molecule has 0 radical (unpaired) electrons. The van der Waals surface area contributed by atoms with Crippen molar-refractivity contribution in [2.24, 2.45) is 0 Å². The second kappa shape index (κ2) is 9.36. The van der Waals surface area contributed by atoms with Crippen molar-refractivity contribution in [2.75, 3.05) is 32.7 Å². The van der Waals surface area contributed by atoms with Crippen LogP contribution in [0.3, 0.4) is 0 Å². The highest BCUT2D eigenvalue weighted by atomic mass is 35.5. The van der Waals surface area contributed by atoms with Crippen molar-refractivity contribution >= 4 is 38.9 Å². The van der Waals surface area contributed by atoms with Crippen LogP contribution in [0.25, 0.3) is 0 Å². The Balaban J connectivity index is 1.66. The van der Waals surface area contributed by atoms with Gasteiger partial charge in [-0.3, -0.25) is 9.69 Å². The molecule has 3 rings (SSSR count). The van der Waals surface area contributed by atoms with Crippen molar-refractivity contribution in [3.05, 3.63) is 63.6 Å². The molecule has 0 saturated carbocycles. The number of carbonyl (C=O) groups excluding carboxylic acids is 1. The smallest absolute Gasteiger partial charge is 0.253 e. The van der Waals surface area contributed by atoms with Crippen LogP contribution in [0.1, 0.15) is 15.2 Å². The van der Waals surface area contributed by atoms with Gasteiger partial charge in [0, 0.05) is 49.7 Å². The van der Waals surface area contributed by atoms with Crippen LogP contribution in [0.2, 0.25) is 4.34 Å². The fraction of sp³-hybridized carbons (Fsp3) is 0.316. The largest absolute Gasteiger partial charge is 0.336 e. The molecule has 156 valence electrons. The molecular weight excluding hydrogens is 437 g/mol. The van der Waals surface area contributed by atoms with Crippen molar-refractivity contribution in [3.8, 4) is 0 Å². The van der Waals surface area contributed by atoms with Crippen LogP contribution in [0.4, 0.5) is 4.39 Å². The number of piperazine rings is 1. The molecule has 0 atom stereocenters. The highest BCUT2D eigenvalue weighted by Gasteiger charge is 2.25. The van der Waals surface area contributed by atoms with E-state index in [2.05, 4.69) is 16.2 Å². The number of sulfonamides is 1. The SMILES string of the molecule is C=CCNS(=O)(=O)c1cc(C(=O)N2CCN(Cc3ccc(Cl)s3)CC2)ccc1F. The predicted molar refractivity (Wildman–Crippen MR) is 112 cm³/mol. The van der Waals surface area contributed by atoms with Crippen LogP contribution in [0, 0.1) is 5.82 Å². The Hall–Kier alpha value is -1.78. The Morgan fingerprint density at radius 2 is 1.97 bits per heavy atom. The number of hydrogen-bond acceptors (Lipinski definition) is 5. The second-order valence-corrected chi connectivity index (χ2v) is 10.1. The van der Waals surface area contributed by atoms with Crippen LogP contribution in [-0.2, 0) is 16.6 Å². The first-order chi connectivity index (χ1) is 13.8. The minimum atomic E-state index is -4.07. The molecule has 29 heavy (non-hydrogen) atoms. The van der Waals surface area contributed by atoms with Gasteiger partial charge < -0.3 is 4.90 Å². The maximum absolute atomic E-state index is 14.1. The summed E-state index contributed by atoms with van der Waals surface area (Å²) in [6.07, 6.45) is 1.36. The summed E-state index contributed by atoms with van der Waals surface area (Å²) in [5.74, 6) is -1.22.